The van der Waals surface area contributed by atoms with Crippen LogP contribution in [0.25, 0.3) is 0 Å². The van der Waals surface area contributed by atoms with Crippen molar-refractivity contribution in [3.8, 4) is 11.5 Å². The van der Waals surface area contributed by atoms with Crippen molar-refractivity contribution in [2.24, 2.45) is 0 Å². The fourth-order valence-electron chi connectivity index (χ4n) is 1.66. The molecule has 0 aliphatic heterocycles. The van der Waals surface area contributed by atoms with E-state index in [4.69, 9.17) is 14.2 Å². The van der Waals surface area contributed by atoms with Crippen molar-refractivity contribution in [3.05, 3.63) is 23.8 Å². The summed E-state index contributed by atoms with van der Waals surface area (Å²) < 4.78 is 15.9. The quantitative estimate of drug-likeness (QED) is 0.712. The van der Waals surface area contributed by atoms with Crippen LogP contribution in [0.5, 0.6) is 11.5 Å². The molecule has 0 saturated heterocycles. The number of hydrogen-bond donors (Lipinski definition) is 0. The number of rotatable bonds is 7. The first kappa shape index (κ1) is 15.3. The number of carbonyl (C=O) groups excluding carboxylic acids is 1. The van der Waals surface area contributed by atoms with Gasteiger partial charge in [0, 0.05) is 5.56 Å². The Morgan fingerprint density at radius 3 is 2.63 bits per heavy atom. The average molecular weight is 266 g/mol. The van der Waals surface area contributed by atoms with Crippen LogP contribution in [0.4, 0.5) is 0 Å². The van der Waals surface area contributed by atoms with Gasteiger partial charge in [-0.2, -0.15) is 0 Å². The van der Waals surface area contributed by atoms with Crippen LogP contribution < -0.4 is 9.47 Å². The zero-order valence-corrected chi connectivity index (χ0v) is 12.1. The maximum atomic E-state index is 11.7. The van der Waals surface area contributed by atoms with Gasteiger partial charge in [0.25, 0.3) is 0 Å². The van der Waals surface area contributed by atoms with Crippen LogP contribution in [-0.2, 0) is 16.0 Å². The van der Waals surface area contributed by atoms with Crippen molar-refractivity contribution >= 4 is 5.97 Å². The van der Waals surface area contributed by atoms with Gasteiger partial charge in [-0.1, -0.05) is 6.92 Å². The summed E-state index contributed by atoms with van der Waals surface area (Å²) in [6.45, 7) is 6.36. The van der Waals surface area contributed by atoms with Gasteiger partial charge in [-0.15, -0.1) is 0 Å². The Morgan fingerprint density at radius 1 is 1.32 bits per heavy atom. The third kappa shape index (κ3) is 5.20. The topological polar surface area (TPSA) is 44.8 Å². The van der Waals surface area contributed by atoms with Crippen molar-refractivity contribution in [1.29, 1.82) is 0 Å². The molecule has 1 rings (SSSR count). The van der Waals surface area contributed by atoms with E-state index in [1.807, 2.05) is 39.0 Å². The minimum absolute atomic E-state index is 0.113. The van der Waals surface area contributed by atoms with Crippen molar-refractivity contribution in [2.45, 2.75) is 39.7 Å². The molecular formula is C15H22O4. The van der Waals surface area contributed by atoms with Crippen LogP contribution >= 0.6 is 0 Å². The van der Waals surface area contributed by atoms with Gasteiger partial charge in [-0.3, -0.25) is 4.79 Å². The summed E-state index contributed by atoms with van der Waals surface area (Å²) in [5, 5.41) is 0. The summed E-state index contributed by atoms with van der Waals surface area (Å²) in [5.74, 6) is 1.15. The van der Waals surface area contributed by atoms with Crippen molar-refractivity contribution < 1.29 is 19.0 Å². The molecule has 0 bridgehead atoms. The summed E-state index contributed by atoms with van der Waals surface area (Å²) in [6.07, 6.45) is 1.01. The highest BCUT2D eigenvalue weighted by molar-refractivity contribution is 5.74. The molecular weight excluding hydrogens is 244 g/mol. The summed E-state index contributed by atoms with van der Waals surface area (Å²) in [6, 6.07) is 5.48. The first-order valence-electron chi connectivity index (χ1n) is 6.56. The van der Waals surface area contributed by atoms with E-state index in [-0.39, 0.29) is 18.5 Å². The zero-order valence-electron chi connectivity index (χ0n) is 12.1. The molecule has 4 nitrogen and oxygen atoms in total. The predicted molar refractivity (Wildman–Crippen MR) is 73.7 cm³/mol. The van der Waals surface area contributed by atoms with Crippen LogP contribution in [0.1, 0.15) is 32.8 Å². The zero-order chi connectivity index (χ0) is 14.3. The molecule has 1 aromatic rings. The minimum atomic E-state index is -0.263. The molecule has 19 heavy (non-hydrogen) atoms. The van der Waals surface area contributed by atoms with Gasteiger partial charge in [-0.05, 0) is 38.5 Å². The Morgan fingerprint density at radius 2 is 2.05 bits per heavy atom. The smallest absolute Gasteiger partial charge is 0.310 e. The predicted octanol–water partition coefficient (Wildman–Crippen LogP) is 2.98. The van der Waals surface area contributed by atoms with Crippen molar-refractivity contribution in [3.63, 3.8) is 0 Å². The lowest BCUT2D eigenvalue weighted by Crippen LogP contribution is -2.14. The normalized spacial score (nSPS) is 10.4. The Hall–Kier alpha value is -1.71. The molecule has 0 fully saturated rings. The molecule has 0 aliphatic carbocycles. The van der Waals surface area contributed by atoms with E-state index in [2.05, 4.69) is 0 Å². The number of esters is 1. The Kier molecular flexibility index (Phi) is 6.19. The van der Waals surface area contributed by atoms with E-state index < -0.39 is 0 Å². The summed E-state index contributed by atoms with van der Waals surface area (Å²) in [7, 11) is 1.58. The van der Waals surface area contributed by atoms with E-state index >= 15 is 0 Å². The molecule has 0 N–H and O–H groups in total. The molecule has 0 aliphatic rings. The van der Waals surface area contributed by atoms with Gasteiger partial charge < -0.3 is 14.2 Å². The lowest BCUT2D eigenvalue weighted by atomic mass is 10.1. The number of carbonyl (C=O) groups is 1. The fourth-order valence-corrected chi connectivity index (χ4v) is 1.66. The second-order valence-corrected chi connectivity index (χ2v) is 4.54. The van der Waals surface area contributed by atoms with E-state index in [0.29, 0.717) is 12.4 Å². The van der Waals surface area contributed by atoms with E-state index in [1.165, 1.54) is 0 Å². The SMILES string of the molecule is CCCOc1ccc(OC)c(CC(=O)OC(C)C)c1. The van der Waals surface area contributed by atoms with Crippen molar-refractivity contribution in [2.75, 3.05) is 13.7 Å². The van der Waals surface area contributed by atoms with Crippen LogP contribution in [0, 0.1) is 0 Å². The highest BCUT2D eigenvalue weighted by atomic mass is 16.5. The van der Waals surface area contributed by atoms with E-state index in [0.717, 1.165) is 17.7 Å². The molecule has 0 saturated carbocycles. The highest BCUT2D eigenvalue weighted by Gasteiger charge is 2.12. The maximum absolute atomic E-state index is 11.7. The number of ether oxygens (including phenoxy) is 3. The number of methoxy groups -OCH3 is 1. The standard InChI is InChI=1S/C15H22O4/c1-5-8-18-13-6-7-14(17-4)12(9-13)10-15(16)19-11(2)3/h6-7,9,11H,5,8,10H2,1-4H3. The van der Waals surface area contributed by atoms with Crippen molar-refractivity contribution in [1.82, 2.24) is 0 Å². The summed E-state index contributed by atoms with van der Waals surface area (Å²) in [4.78, 5) is 11.7. The molecule has 106 valence electrons. The molecule has 0 radical (unpaired) electrons. The molecule has 0 unspecified atom stereocenters. The minimum Gasteiger partial charge on any atom is -0.496 e. The van der Waals surface area contributed by atoms with Crippen LogP contribution in [0.15, 0.2) is 18.2 Å². The average Bonchev–Trinajstić information content (AvgIpc) is 2.35. The molecule has 0 aromatic heterocycles. The molecule has 0 heterocycles. The van der Waals surface area contributed by atoms with Gasteiger partial charge in [-0.25, -0.2) is 0 Å². The lowest BCUT2D eigenvalue weighted by Gasteiger charge is -2.12. The fraction of sp³-hybridized carbons (Fsp3) is 0.533. The number of benzene rings is 1. The highest BCUT2D eigenvalue weighted by Crippen LogP contribution is 2.25. The first-order chi connectivity index (χ1) is 9.06. The second-order valence-electron chi connectivity index (χ2n) is 4.54. The van der Waals surface area contributed by atoms with Gasteiger partial charge in [0.05, 0.1) is 26.2 Å². The maximum Gasteiger partial charge on any atom is 0.310 e. The molecule has 0 spiro atoms. The number of hydrogen-bond acceptors (Lipinski definition) is 4. The third-order valence-electron chi connectivity index (χ3n) is 2.43. The van der Waals surface area contributed by atoms with Gasteiger partial charge in [0.2, 0.25) is 0 Å². The lowest BCUT2D eigenvalue weighted by molar-refractivity contribution is -0.146. The van der Waals surface area contributed by atoms with Gasteiger partial charge in [0.15, 0.2) is 0 Å². The largest absolute Gasteiger partial charge is 0.496 e. The molecule has 0 amide bonds. The first-order valence-corrected chi connectivity index (χ1v) is 6.56. The summed E-state index contributed by atoms with van der Waals surface area (Å²) in [5.41, 5.74) is 0.779. The van der Waals surface area contributed by atoms with Crippen LogP contribution in [0.2, 0.25) is 0 Å². The van der Waals surface area contributed by atoms with Crippen LogP contribution in [0.3, 0.4) is 0 Å². The molecule has 4 heteroatoms. The Bertz CT molecular complexity index is 413. The second kappa shape index (κ2) is 7.67. The third-order valence-corrected chi connectivity index (χ3v) is 2.43. The molecule has 0 atom stereocenters. The monoisotopic (exact) mass is 266 g/mol. The van der Waals surface area contributed by atoms with Gasteiger partial charge in [0.1, 0.15) is 11.5 Å². The van der Waals surface area contributed by atoms with E-state index in [1.54, 1.807) is 7.11 Å². The Labute approximate surface area is 114 Å². The van der Waals surface area contributed by atoms with E-state index in [9.17, 15) is 4.79 Å². The molecule has 1 aromatic carbocycles. The van der Waals surface area contributed by atoms with Crippen LogP contribution in [-0.4, -0.2) is 25.8 Å². The summed E-state index contributed by atoms with van der Waals surface area (Å²) >= 11 is 0. The Balaban J connectivity index is 2.80. The van der Waals surface area contributed by atoms with Gasteiger partial charge >= 0.3 is 5.97 Å².